The molecule has 136 valence electrons. The van der Waals surface area contributed by atoms with E-state index in [2.05, 4.69) is 10.1 Å². The van der Waals surface area contributed by atoms with Gasteiger partial charge >= 0.3 is 0 Å². The van der Waals surface area contributed by atoms with E-state index in [9.17, 15) is 14.0 Å². The summed E-state index contributed by atoms with van der Waals surface area (Å²) < 4.78 is 15.9. The fraction of sp³-hybridized carbons (Fsp3) is 0.0476. The third kappa shape index (κ3) is 2.13. The first-order valence-electron chi connectivity index (χ1n) is 8.65. The second kappa shape index (κ2) is 5.82. The fourth-order valence-corrected chi connectivity index (χ4v) is 3.56. The number of aromatic nitrogens is 3. The number of anilines is 1. The number of halogens is 1. The van der Waals surface area contributed by atoms with Crippen molar-refractivity contribution < 1.29 is 14.0 Å². The molecule has 0 fully saturated rings. The third-order valence-electron chi connectivity index (χ3n) is 4.82. The zero-order valence-electron chi connectivity index (χ0n) is 14.8. The Bertz CT molecular complexity index is 1280. The molecule has 6 nitrogen and oxygen atoms in total. The van der Waals surface area contributed by atoms with Crippen LogP contribution in [0.2, 0.25) is 0 Å². The van der Waals surface area contributed by atoms with Crippen molar-refractivity contribution in [3.05, 3.63) is 83.4 Å². The number of benzene rings is 2. The smallest absolute Gasteiger partial charge is 0.267 e. The summed E-state index contributed by atoms with van der Waals surface area (Å²) >= 11 is 0. The molecule has 4 aromatic rings. The highest BCUT2D eigenvalue weighted by atomic mass is 19.1. The molecule has 0 spiro atoms. The van der Waals surface area contributed by atoms with Gasteiger partial charge in [-0.25, -0.2) is 19.0 Å². The standard InChI is InChI=1S/C21H13FN4O2/c1-12-17-18-14(11-23-19(17)26(24-12)13-7-3-2-4-8-13)20(27)25(21(18)28)16-10-6-5-9-15(16)22/h2-11H,1H3. The lowest BCUT2D eigenvalue weighted by atomic mass is 10.1. The van der Waals surface area contributed by atoms with Gasteiger partial charge in [0.1, 0.15) is 5.82 Å². The van der Waals surface area contributed by atoms with Gasteiger partial charge in [0.15, 0.2) is 5.65 Å². The van der Waals surface area contributed by atoms with Gasteiger partial charge in [-0.3, -0.25) is 9.59 Å². The summed E-state index contributed by atoms with van der Waals surface area (Å²) in [5.41, 5.74) is 2.11. The minimum Gasteiger partial charge on any atom is -0.268 e. The molecular weight excluding hydrogens is 359 g/mol. The summed E-state index contributed by atoms with van der Waals surface area (Å²) in [6.45, 7) is 1.76. The first-order chi connectivity index (χ1) is 13.6. The van der Waals surface area contributed by atoms with Crippen LogP contribution in [0, 0.1) is 12.7 Å². The number of aryl methyl sites for hydroxylation is 1. The van der Waals surface area contributed by atoms with E-state index in [0.717, 1.165) is 10.6 Å². The first-order valence-corrected chi connectivity index (χ1v) is 8.65. The van der Waals surface area contributed by atoms with Gasteiger partial charge in [0, 0.05) is 6.20 Å². The molecule has 28 heavy (non-hydrogen) atoms. The van der Waals surface area contributed by atoms with E-state index in [1.54, 1.807) is 17.7 Å². The van der Waals surface area contributed by atoms with Gasteiger partial charge in [0.25, 0.3) is 11.8 Å². The third-order valence-corrected chi connectivity index (χ3v) is 4.82. The second-order valence-electron chi connectivity index (χ2n) is 6.48. The lowest BCUT2D eigenvalue weighted by Gasteiger charge is -2.14. The number of imide groups is 1. The quantitative estimate of drug-likeness (QED) is 0.504. The van der Waals surface area contributed by atoms with Crippen LogP contribution in [0.25, 0.3) is 16.7 Å². The van der Waals surface area contributed by atoms with Gasteiger partial charge in [-0.15, -0.1) is 0 Å². The average molecular weight is 372 g/mol. The van der Waals surface area contributed by atoms with Gasteiger partial charge in [-0.2, -0.15) is 5.10 Å². The van der Waals surface area contributed by atoms with Crippen molar-refractivity contribution in [2.75, 3.05) is 4.90 Å². The summed E-state index contributed by atoms with van der Waals surface area (Å²) in [4.78, 5) is 31.3. The lowest BCUT2D eigenvalue weighted by molar-refractivity contribution is 0.0925. The molecule has 0 unspecified atom stereocenters. The Morgan fingerprint density at radius 3 is 2.39 bits per heavy atom. The molecule has 0 atom stereocenters. The lowest BCUT2D eigenvalue weighted by Crippen LogP contribution is -2.30. The number of amides is 2. The minimum absolute atomic E-state index is 0.0741. The summed E-state index contributed by atoms with van der Waals surface area (Å²) in [5, 5.41) is 5.01. The Labute approximate surface area is 158 Å². The van der Waals surface area contributed by atoms with E-state index in [1.165, 1.54) is 24.4 Å². The maximum Gasteiger partial charge on any atom is 0.267 e. The molecule has 2 aromatic heterocycles. The van der Waals surface area contributed by atoms with Crippen LogP contribution in [0.5, 0.6) is 0 Å². The monoisotopic (exact) mass is 372 g/mol. The number of nitrogens with zero attached hydrogens (tertiary/aromatic N) is 4. The van der Waals surface area contributed by atoms with E-state index >= 15 is 0 Å². The number of para-hydroxylation sites is 2. The van der Waals surface area contributed by atoms with Crippen LogP contribution >= 0.6 is 0 Å². The van der Waals surface area contributed by atoms with Crippen molar-refractivity contribution >= 4 is 28.5 Å². The van der Waals surface area contributed by atoms with Crippen LogP contribution in [0.1, 0.15) is 26.4 Å². The van der Waals surface area contributed by atoms with E-state index in [-0.39, 0.29) is 16.8 Å². The molecule has 0 saturated carbocycles. The summed E-state index contributed by atoms with van der Waals surface area (Å²) in [6.07, 6.45) is 1.36. The fourth-order valence-electron chi connectivity index (χ4n) is 3.56. The molecule has 3 heterocycles. The number of carbonyl (C=O) groups is 2. The van der Waals surface area contributed by atoms with Crippen molar-refractivity contribution in [2.24, 2.45) is 0 Å². The van der Waals surface area contributed by atoms with E-state index in [0.29, 0.717) is 16.7 Å². The molecule has 0 bridgehead atoms. The molecule has 0 radical (unpaired) electrons. The number of hydrogen-bond donors (Lipinski definition) is 0. The Balaban J connectivity index is 1.75. The van der Waals surface area contributed by atoms with Crippen LogP contribution in [-0.4, -0.2) is 26.6 Å². The van der Waals surface area contributed by atoms with E-state index in [1.807, 2.05) is 30.3 Å². The molecule has 7 heteroatoms. The highest BCUT2D eigenvalue weighted by molar-refractivity contribution is 6.37. The number of rotatable bonds is 2. The normalized spacial score (nSPS) is 13.4. The second-order valence-corrected chi connectivity index (χ2v) is 6.48. The number of hydrogen-bond acceptors (Lipinski definition) is 4. The summed E-state index contributed by atoms with van der Waals surface area (Å²) in [6, 6.07) is 15.1. The van der Waals surface area contributed by atoms with Crippen LogP contribution in [-0.2, 0) is 0 Å². The molecule has 1 aliphatic rings. The zero-order valence-corrected chi connectivity index (χ0v) is 14.8. The number of pyridine rings is 1. The summed E-state index contributed by atoms with van der Waals surface area (Å²) in [7, 11) is 0. The van der Waals surface area contributed by atoms with Crippen molar-refractivity contribution in [1.29, 1.82) is 0 Å². The Hall–Kier alpha value is -3.87. The Morgan fingerprint density at radius 1 is 0.929 bits per heavy atom. The largest absolute Gasteiger partial charge is 0.268 e. The molecule has 0 saturated heterocycles. The molecule has 0 N–H and O–H groups in total. The van der Waals surface area contributed by atoms with Crippen LogP contribution < -0.4 is 4.90 Å². The molecular formula is C21H13FN4O2. The SMILES string of the molecule is Cc1nn(-c2ccccc2)c2ncc3c(c12)C(=O)N(c1ccccc1F)C3=O. The topological polar surface area (TPSA) is 68.1 Å². The van der Waals surface area contributed by atoms with E-state index in [4.69, 9.17) is 0 Å². The van der Waals surface area contributed by atoms with Gasteiger partial charge in [-0.05, 0) is 31.2 Å². The van der Waals surface area contributed by atoms with Crippen molar-refractivity contribution in [1.82, 2.24) is 14.8 Å². The average Bonchev–Trinajstić information content (AvgIpc) is 3.18. The van der Waals surface area contributed by atoms with Crippen LogP contribution in [0.4, 0.5) is 10.1 Å². The highest BCUT2D eigenvalue weighted by Crippen LogP contribution is 2.35. The first kappa shape index (κ1) is 16.3. The van der Waals surface area contributed by atoms with Gasteiger partial charge in [0.05, 0.1) is 33.6 Å². The van der Waals surface area contributed by atoms with Crippen LogP contribution in [0.15, 0.2) is 60.8 Å². The number of carbonyl (C=O) groups excluding carboxylic acids is 2. The molecule has 0 aliphatic carbocycles. The van der Waals surface area contributed by atoms with Gasteiger partial charge < -0.3 is 0 Å². The minimum atomic E-state index is -0.641. The van der Waals surface area contributed by atoms with Gasteiger partial charge in [0.2, 0.25) is 0 Å². The zero-order chi connectivity index (χ0) is 19.4. The van der Waals surface area contributed by atoms with Gasteiger partial charge in [-0.1, -0.05) is 30.3 Å². The molecule has 1 aliphatic heterocycles. The predicted octanol–water partition coefficient (Wildman–Crippen LogP) is 3.67. The van der Waals surface area contributed by atoms with Crippen molar-refractivity contribution in [2.45, 2.75) is 6.92 Å². The number of fused-ring (bicyclic) bond motifs is 3. The van der Waals surface area contributed by atoms with Crippen molar-refractivity contribution in [3.8, 4) is 5.69 Å². The Morgan fingerprint density at radius 2 is 1.64 bits per heavy atom. The highest BCUT2D eigenvalue weighted by Gasteiger charge is 2.40. The van der Waals surface area contributed by atoms with Crippen LogP contribution in [0.3, 0.4) is 0 Å². The predicted molar refractivity (Wildman–Crippen MR) is 101 cm³/mol. The van der Waals surface area contributed by atoms with E-state index < -0.39 is 17.6 Å². The molecule has 5 rings (SSSR count). The maximum absolute atomic E-state index is 14.3. The molecule has 2 amide bonds. The Kier molecular flexibility index (Phi) is 3.39. The van der Waals surface area contributed by atoms with Crippen molar-refractivity contribution in [3.63, 3.8) is 0 Å². The molecule has 2 aromatic carbocycles. The maximum atomic E-state index is 14.3. The summed E-state index contributed by atoms with van der Waals surface area (Å²) in [5.74, 6) is -1.81.